The van der Waals surface area contributed by atoms with Crippen molar-refractivity contribution in [3.8, 4) is 0 Å². The molecule has 0 unspecified atom stereocenters. The van der Waals surface area contributed by atoms with E-state index in [0.29, 0.717) is 6.42 Å². The number of para-hydroxylation sites is 1. The Kier molecular flexibility index (Phi) is 5.17. The van der Waals surface area contributed by atoms with Crippen LogP contribution in [0.2, 0.25) is 0 Å². The van der Waals surface area contributed by atoms with Gasteiger partial charge in [0.05, 0.1) is 13.2 Å². The number of fused-ring (bicyclic) bond motifs is 3. The lowest BCUT2D eigenvalue weighted by atomic mass is 9.88. The van der Waals surface area contributed by atoms with Crippen LogP contribution in [0.3, 0.4) is 0 Å². The van der Waals surface area contributed by atoms with Crippen molar-refractivity contribution in [1.29, 1.82) is 0 Å². The van der Waals surface area contributed by atoms with E-state index >= 15 is 0 Å². The van der Waals surface area contributed by atoms with Crippen LogP contribution >= 0.6 is 27.5 Å². The average Bonchev–Trinajstić information content (AvgIpc) is 3.10. The maximum atomic E-state index is 12.8. The van der Waals surface area contributed by atoms with Gasteiger partial charge in [-0.05, 0) is 29.3 Å². The molecule has 0 saturated carbocycles. The summed E-state index contributed by atoms with van der Waals surface area (Å²) in [5.74, 6) is -0.971. The number of halogens is 2. The minimum Gasteiger partial charge on any atom is -0.467 e. The molecule has 3 aromatic rings. The van der Waals surface area contributed by atoms with Gasteiger partial charge in [0.15, 0.2) is 0 Å². The summed E-state index contributed by atoms with van der Waals surface area (Å²) in [6.07, 6.45) is 0.377. The number of benzene rings is 2. The number of aromatic amines is 1. The molecule has 0 bridgehead atoms. The number of aromatic nitrogens is 1. The van der Waals surface area contributed by atoms with Gasteiger partial charge in [-0.15, -0.1) is 11.6 Å². The highest BCUT2D eigenvalue weighted by atomic mass is 79.9. The molecule has 28 heavy (non-hydrogen) atoms. The van der Waals surface area contributed by atoms with Gasteiger partial charge in [0.1, 0.15) is 11.9 Å². The number of nitrogens with zero attached hydrogens (tertiary/aromatic N) is 1. The molecule has 1 aliphatic rings. The fourth-order valence-electron chi connectivity index (χ4n) is 3.98. The molecule has 2 aromatic carbocycles. The van der Waals surface area contributed by atoms with E-state index in [9.17, 15) is 9.59 Å². The zero-order valence-corrected chi connectivity index (χ0v) is 17.5. The Morgan fingerprint density at radius 3 is 2.61 bits per heavy atom. The lowest BCUT2D eigenvalue weighted by Crippen LogP contribution is -2.52. The predicted octanol–water partition coefficient (Wildman–Crippen LogP) is 4.18. The standard InChI is InChI=1S/C21H18BrClN2O3/c1-28-21(27)17-10-15-14-4-2-3-5-16(14)24-19(15)20(25(17)18(26)11-23)12-6-8-13(22)9-7-12/h2-9,17,20,24H,10-11H2,1H3/t17-,20-/m0/s1. The van der Waals surface area contributed by atoms with E-state index in [1.165, 1.54) is 7.11 Å². The molecule has 4 rings (SSSR count). The number of carbonyl (C=O) groups excluding carboxylic acids is 2. The molecular formula is C21H18BrClN2O3. The smallest absolute Gasteiger partial charge is 0.328 e. The molecule has 1 aliphatic heterocycles. The molecule has 5 nitrogen and oxygen atoms in total. The summed E-state index contributed by atoms with van der Waals surface area (Å²) >= 11 is 9.37. The van der Waals surface area contributed by atoms with Crippen molar-refractivity contribution in [2.24, 2.45) is 0 Å². The van der Waals surface area contributed by atoms with Crippen LogP contribution in [-0.4, -0.2) is 40.8 Å². The van der Waals surface area contributed by atoms with Crippen molar-refractivity contribution >= 4 is 50.3 Å². The fourth-order valence-corrected chi connectivity index (χ4v) is 4.38. The summed E-state index contributed by atoms with van der Waals surface area (Å²) in [7, 11) is 1.34. The molecular weight excluding hydrogens is 444 g/mol. The number of amides is 1. The van der Waals surface area contributed by atoms with Crippen molar-refractivity contribution < 1.29 is 14.3 Å². The number of rotatable bonds is 3. The number of nitrogens with one attached hydrogen (secondary N) is 1. The van der Waals surface area contributed by atoms with Crippen LogP contribution in [-0.2, 0) is 20.7 Å². The first-order valence-electron chi connectivity index (χ1n) is 8.85. The number of H-pyrrole nitrogens is 1. The SMILES string of the molecule is COC(=O)[C@@H]1Cc2c([nH]c3ccccc23)[C@H](c2ccc(Br)cc2)N1C(=O)CCl. The predicted molar refractivity (Wildman–Crippen MR) is 111 cm³/mol. The maximum absolute atomic E-state index is 12.8. The minimum absolute atomic E-state index is 0.212. The van der Waals surface area contributed by atoms with Gasteiger partial charge in [-0.2, -0.15) is 0 Å². The number of ether oxygens (including phenoxy) is 1. The van der Waals surface area contributed by atoms with Gasteiger partial charge in [-0.3, -0.25) is 4.79 Å². The van der Waals surface area contributed by atoms with E-state index in [1.54, 1.807) is 4.90 Å². The van der Waals surface area contributed by atoms with Crippen molar-refractivity contribution in [1.82, 2.24) is 9.88 Å². The number of carbonyl (C=O) groups is 2. The summed E-state index contributed by atoms with van der Waals surface area (Å²) in [4.78, 5) is 30.5. The van der Waals surface area contributed by atoms with Gasteiger partial charge < -0.3 is 14.6 Å². The molecule has 0 saturated heterocycles. The Morgan fingerprint density at radius 2 is 1.93 bits per heavy atom. The van der Waals surface area contributed by atoms with Gasteiger partial charge in [-0.1, -0.05) is 46.3 Å². The maximum Gasteiger partial charge on any atom is 0.328 e. The third-order valence-corrected chi connectivity index (χ3v) is 5.95. The van der Waals surface area contributed by atoms with E-state index in [2.05, 4.69) is 20.9 Å². The minimum atomic E-state index is -0.739. The normalized spacial score (nSPS) is 18.8. The van der Waals surface area contributed by atoms with Crippen molar-refractivity contribution in [2.75, 3.05) is 13.0 Å². The van der Waals surface area contributed by atoms with Gasteiger partial charge >= 0.3 is 5.97 Å². The van der Waals surface area contributed by atoms with Crippen molar-refractivity contribution in [3.05, 3.63) is 69.8 Å². The second kappa shape index (κ2) is 7.60. The molecule has 1 amide bonds. The second-order valence-corrected chi connectivity index (χ2v) is 7.88. The number of hydrogen-bond acceptors (Lipinski definition) is 3. The zero-order chi connectivity index (χ0) is 19.8. The number of methoxy groups -OCH3 is 1. The quantitative estimate of drug-likeness (QED) is 0.470. The first-order valence-corrected chi connectivity index (χ1v) is 10.2. The summed E-state index contributed by atoms with van der Waals surface area (Å²) < 4.78 is 5.96. The molecule has 1 N–H and O–H groups in total. The summed E-state index contributed by atoms with van der Waals surface area (Å²) in [6, 6.07) is 14.5. The molecule has 7 heteroatoms. The van der Waals surface area contributed by atoms with Gasteiger partial charge in [0.2, 0.25) is 5.91 Å². The number of alkyl halides is 1. The van der Waals surface area contributed by atoms with Crippen molar-refractivity contribution in [2.45, 2.75) is 18.5 Å². The first kappa shape index (κ1) is 19.0. The van der Waals surface area contributed by atoms with Gasteiger partial charge in [-0.25, -0.2) is 4.79 Å². The second-order valence-electron chi connectivity index (χ2n) is 6.69. The molecule has 0 aliphatic carbocycles. The third kappa shape index (κ3) is 3.10. The van der Waals surface area contributed by atoms with Crippen LogP contribution in [0.1, 0.15) is 22.9 Å². The molecule has 1 aromatic heterocycles. The van der Waals surface area contributed by atoms with E-state index in [4.69, 9.17) is 16.3 Å². The van der Waals surface area contributed by atoms with Crippen LogP contribution in [0.5, 0.6) is 0 Å². The Bertz CT molecular complexity index is 1050. The molecule has 0 fully saturated rings. The van der Waals surface area contributed by atoms with E-state index in [-0.39, 0.29) is 11.8 Å². The molecule has 0 spiro atoms. The Labute approximate surface area is 175 Å². The molecule has 2 atom stereocenters. The van der Waals surface area contributed by atoms with Crippen LogP contribution in [0.15, 0.2) is 53.0 Å². The number of esters is 1. The van der Waals surface area contributed by atoms with E-state index in [1.807, 2.05) is 48.5 Å². The Balaban J connectivity index is 1.98. The molecule has 0 radical (unpaired) electrons. The highest BCUT2D eigenvalue weighted by molar-refractivity contribution is 9.10. The van der Waals surface area contributed by atoms with Crippen LogP contribution in [0, 0.1) is 0 Å². The van der Waals surface area contributed by atoms with Crippen LogP contribution in [0.4, 0.5) is 0 Å². The highest BCUT2D eigenvalue weighted by Gasteiger charge is 2.43. The zero-order valence-electron chi connectivity index (χ0n) is 15.1. The summed E-state index contributed by atoms with van der Waals surface area (Å²) in [6.45, 7) is 0. The molecule has 144 valence electrons. The monoisotopic (exact) mass is 460 g/mol. The number of hydrogen-bond donors (Lipinski definition) is 1. The van der Waals surface area contributed by atoms with Crippen LogP contribution < -0.4 is 0 Å². The lowest BCUT2D eigenvalue weighted by Gasteiger charge is -2.40. The lowest BCUT2D eigenvalue weighted by molar-refractivity contribution is -0.154. The van der Waals surface area contributed by atoms with E-state index < -0.39 is 18.1 Å². The highest BCUT2D eigenvalue weighted by Crippen LogP contribution is 2.41. The van der Waals surface area contributed by atoms with Gasteiger partial charge in [0.25, 0.3) is 0 Å². The summed E-state index contributed by atoms with van der Waals surface area (Å²) in [5, 5.41) is 1.05. The average molecular weight is 462 g/mol. The fraction of sp³-hybridized carbons (Fsp3) is 0.238. The Hall–Kier alpha value is -2.31. The Morgan fingerprint density at radius 1 is 1.21 bits per heavy atom. The third-order valence-electron chi connectivity index (χ3n) is 5.19. The molecule has 2 heterocycles. The summed E-state index contributed by atoms with van der Waals surface area (Å²) in [5.41, 5.74) is 3.79. The van der Waals surface area contributed by atoms with E-state index in [0.717, 1.165) is 32.2 Å². The van der Waals surface area contributed by atoms with Gasteiger partial charge in [0, 0.05) is 27.5 Å². The van der Waals surface area contributed by atoms with Crippen LogP contribution in [0.25, 0.3) is 10.9 Å². The topological polar surface area (TPSA) is 62.4 Å². The first-order chi connectivity index (χ1) is 13.5. The largest absolute Gasteiger partial charge is 0.467 e. The van der Waals surface area contributed by atoms with Crippen molar-refractivity contribution in [3.63, 3.8) is 0 Å².